The topological polar surface area (TPSA) is 78.4 Å². The van der Waals surface area contributed by atoms with Crippen molar-refractivity contribution in [1.29, 1.82) is 0 Å². The first-order chi connectivity index (χ1) is 16.0. The Labute approximate surface area is 203 Å². The third-order valence-corrected chi connectivity index (χ3v) is 6.43. The summed E-state index contributed by atoms with van der Waals surface area (Å²) in [4.78, 5) is 18.8. The van der Waals surface area contributed by atoms with Crippen molar-refractivity contribution in [3.05, 3.63) is 23.2 Å². The van der Waals surface area contributed by atoms with Gasteiger partial charge in [-0.1, -0.05) is 38.3 Å². The van der Waals surface area contributed by atoms with E-state index in [1.165, 1.54) is 0 Å². The fourth-order valence-electron chi connectivity index (χ4n) is 4.36. The zero-order valence-electron chi connectivity index (χ0n) is 20.6. The molecule has 2 N–H and O–H groups in total. The van der Waals surface area contributed by atoms with Crippen LogP contribution in [0.1, 0.15) is 52.4 Å². The Kier molecular flexibility index (Phi) is 9.38. The number of hydrogen-bond acceptors (Lipinski definition) is 8. The Morgan fingerprint density at radius 1 is 1.12 bits per heavy atom. The van der Waals surface area contributed by atoms with E-state index in [2.05, 4.69) is 46.3 Å². The van der Waals surface area contributed by atoms with E-state index < -0.39 is 0 Å². The number of aromatic nitrogens is 3. The van der Waals surface area contributed by atoms with Crippen LogP contribution in [0.25, 0.3) is 0 Å². The predicted octanol–water partition coefficient (Wildman–Crippen LogP) is 5.19. The summed E-state index contributed by atoms with van der Waals surface area (Å²) in [7, 11) is 5.63. The molecule has 1 saturated heterocycles. The Morgan fingerprint density at radius 3 is 2.36 bits per heavy atom. The van der Waals surface area contributed by atoms with E-state index in [1.807, 2.05) is 25.2 Å². The number of rotatable bonds is 11. The van der Waals surface area contributed by atoms with Crippen molar-refractivity contribution >= 4 is 35.1 Å². The molecule has 2 aromatic rings. The minimum absolute atomic E-state index is 0.257. The largest absolute Gasteiger partial charge is 0.495 e. The van der Waals surface area contributed by atoms with Gasteiger partial charge in [0.05, 0.1) is 12.1 Å². The van der Waals surface area contributed by atoms with Gasteiger partial charge in [0.2, 0.25) is 17.8 Å². The van der Waals surface area contributed by atoms with Crippen LogP contribution in [-0.2, 0) is 0 Å². The Bertz CT molecular complexity index is 883. The highest BCUT2D eigenvalue weighted by atomic mass is 35.5. The molecule has 0 atom stereocenters. The van der Waals surface area contributed by atoms with Gasteiger partial charge in [0.15, 0.2) is 0 Å². The molecule has 0 unspecified atom stereocenters. The first-order valence-corrected chi connectivity index (χ1v) is 12.4. The maximum atomic E-state index is 6.51. The van der Waals surface area contributed by atoms with Gasteiger partial charge < -0.3 is 25.2 Å². The average Bonchev–Trinajstić information content (AvgIpc) is 2.81. The van der Waals surface area contributed by atoms with Gasteiger partial charge in [-0.25, -0.2) is 0 Å². The molecular formula is C24H38ClN7O. The molecule has 1 aromatic carbocycles. The third kappa shape index (κ3) is 6.60. The number of anilines is 4. The molecule has 0 saturated carbocycles. The summed E-state index contributed by atoms with van der Waals surface area (Å²) >= 11 is 6.51. The maximum absolute atomic E-state index is 6.51. The second-order valence-corrected chi connectivity index (χ2v) is 9.08. The molecule has 8 nitrogen and oxygen atoms in total. The van der Waals surface area contributed by atoms with Crippen LogP contribution in [0.4, 0.5) is 23.5 Å². The van der Waals surface area contributed by atoms with Crippen LogP contribution in [0.15, 0.2) is 18.2 Å². The van der Waals surface area contributed by atoms with Crippen molar-refractivity contribution in [2.24, 2.45) is 0 Å². The molecule has 1 fully saturated rings. The molecule has 2 heterocycles. The summed E-state index contributed by atoms with van der Waals surface area (Å²) in [5.74, 6) is 2.43. The molecule has 1 aliphatic rings. The van der Waals surface area contributed by atoms with E-state index in [0.717, 1.165) is 57.3 Å². The number of nitrogens with zero attached hydrogens (tertiary/aromatic N) is 5. The monoisotopic (exact) mass is 475 g/mol. The van der Waals surface area contributed by atoms with E-state index in [0.29, 0.717) is 34.7 Å². The number of ether oxygens (including phenoxy) is 1. The molecule has 0 aliphatic carbocycles. The van der Waals surface area contributed by atoms with Crippen LogP contribution in [0.5, 0.6) is 5.75 Å². The molecule has 3 rings (SSSR count). The van der Waals surface area contributed by atoms with E-state index in [1.54, 1.807) is 7.11 Å². The molecule has 33 heavy (non-hydrogen) atoms. The lowest BCUT2D eigenvalue weighted by Crippen LogP contribution is -2.42. The van der Waals surface area contributed by atoms with Gasteiger partial charge in [-0.05, 0) is 64.0 Å². The zero-order valence-corrected chi connectivity index (χ0v) is 21.3. The Balaban J connectivity index is 2.02. The van der Waals surface area contributed by atoms with Crippen LogP contribution in [-0.4, -0.2) is 66.2 Å². The molecule has 1 aromatic heterocycles. The van der Waals surface area contributed by atoms with Crippen molar-refractivity contribution in [2.45, 2.75) is 64.5 Å². The average molecular weight is 476 g/mol. The van der Waals surface area contributed by atoms with Crippen molar-refractivity contribution < 1.29 is 4.74 Å². The first kappa shape index (κ1) is 25.3. The summed E-state index contributed by atoms with van der Waals surface area (Å²) in [6, 6.07) is 6.46. The van der Waals surface area contributed by atoms with E-state index in [9.17, 15) is 0 Å². The molecule has 0 bridgehead atoms. The van der Waals surface area contributed by atoms with E-state index in [4.69, 9.17) is 26.3 Å². The smallest absolute Gasteiger partial charge is 0.236 e. The van der Waals surface area contributed by atoms with Crippen LogP contribution < -0.4 is 20.3 Å². The summed E-state index contributed by atoms with van der Waals surface area (Å²) in [5.41, 5.74) is 0.952. The minimum Gasteiger partial charge on any atom is -0.495 e. The van der Waals surface area contributed by atoms with Crippen molar-refractivity contribution in [3.8, 4) is 5.75 Å². The minimum atomic E-state index is 0.257. The molecule has 0 radical (unpaired) electrons. The number of hydrogen-bond donors (Lipinski definition) is 2. The van der Waals surface area contributed by atoms with E-state index >= 15 is 0 Å². The normalized spacial score (nSPS) is 15.0. The summed E-state index contributed by atoms with van der Waals surface area (Å²) in [6.07, 6.45) is 6.41. The fraction of sp³-hybridized carbons (Fsp3) is 0.625. The van der Waals surface area contributed by atoms with Crippen molar-refractivity contribution in [3.63, 3.8) is 0 Å². The predicted molar refractivity (Wildman–Crippen MR) is 137 cm³/mol. The number of benzene rings is 1. The van der Waals surface area contributed by atoms with Crippen LogP contribution in [0.2, 0.25) is 5.02 Å². The number of nitrogens with one attached hydrogen (secondary N) is 2. The number of methoxy groups -OCH3 is 1. The van der Waals surface area contributed by atoms with Gasteiger partial charge in [-0.15, -0.1) is 0 Å². The van der Waals surface area contributed by atoms with Gasteiger partial charge in [-0.2, -0.15) is 15.0 Å². The summed E-state index contributed by atoms with van der Waals surface area (Å²) in [5, 5.41) is 7.24. The third-order valence-electron chi connectivity index (χ3n) is 6.14. The van der Waals surface area contributed by atoms with Crippen molar-refractivity contribution in [1.82, 2.24) is 19.9 Å². The lowest BCUT2D eigenvalue weighted by Gasteiger charge is -2.37. The molecule has 182 valence electrons. The van der Waals surface area contributed by atoms with Gasteiger partial charge in [0.1, 0.15) is 5.75 Å². The van der Waals surface area contributed by atoms with Crippen molar-refractivity contribution in [2.75, 3.05) is 49.8 Å². The SMILES string of the molecule is CCCC(CCC)Nc1nc(NC)nc(N(c2ccc(OC)c(Cl)c2)C2CCN(C)CC2)n1. The number of likely N-dealkylation sites (tertiary alicyclic amines) is 1. The second kappa shape index (κ2) is 12.2. The highest BCUT2D eigenvalue weighted by molar-refractivity contribution is 6.32. The maximum Gasteiger partial charge on any atom is 0.236 e. The number of halogens is 1. The van der Waals surface area contributed by atoms with Crippen LogP contribution in [0, 0.1) is 0 Å². The van der Waals surface area contributed by atoms with Crippen LogP contribution >= 0.6 is 11.6 Å². The van der Waals surface area contributed by atoms with Gasteiger partial charge in [0.25, 0.3) is 0 Å². The molecule has 9 heteroatoms. The quantitative estimate of drug-likeness (QED) is 0.459. The Morgan fingerprint density at radius 2 is 1.79 bits per heavy atom. The summed E-state index contributed by atoms with van der Waals surface area (Å²) < 4.78 is 5.37. The Hall–Kier alpha value is -2.32. The van der Waals surface area contributed by atoms with E-state index in [-0.39, 0.29) is 6.04 Å². The number of piperidine rings is 1. The van der Waals surface area contributed by atoms with Crippen LogP contribution in [0.3, 0.4) is 0 Å². The molecule has 0 spiro atoms. The van der Waals surface area contributed by atoms with Gasteiger partial charge >= 0.3 is 0 Å². The second-order valence-electron chi connectivity index (χ2n) is 8.67. The first-order valence-electron chi connectivity index (χ1n) is 12.0. The standard InChI is InChI=1S/C24H38ClN7O/c1-6-8-17(9-7-2)27-23-28-22(26-3)29-24(30-23)32(18-12-14-31(4)15-13-18)19-10-11-21(33-5)20(25)16-19/h10-11,16-18H,6-9,12-15H2,1-5H3,(H2,26,27,28,29,30). The molecular weight excluding hydrogens is 438 g/mol. The van der Waals surface area contributed by atoms with Gasteiger partial charge in [0, 0.05) is 24.8 Å². The molecule has 0 amide bonds. The lowest BCUT2D eigenvalue weighted by atomic mass is 10.0. The summed E-state index contributed by atoms with van der Waals surface area (Å²) in [6.45, 7) is 6.46. The van der Waals surface area contributed by atoms with Gasteiger partial charge in [-0.3, -0.25) is 0 Å². The fourth-order valence-corrected chi connectivity index (χ4v) is 4.62. The highest BCUT2D eigenvalue weighted by Gasteiger charge is 2.28. The molecule has 1 aliphatic heterocycles. The lowest BCUT2D eigenvalue weighted by molar-refractivity contribution is 0.254. The highest BCUT2D eigenvalue weighted by Crippen LogP contribution is 2.35. The zero-order chi connectivity index (χ0) is 23.8.